The summed E-state index contributed by atoms with van der Waals surface area (Å²) in [5.41, 5.74) is 10.8. The molecule has 0 aromatic carbocycles. The predicted molar refractivity (Wildman–Crippen MR) is 66.0 cm³/mol. The van der Waals surface area contributed by atoms with E-state index in [4.69, 9.17) is 11.5 Å². The van der Waals surface area contributed by atoms with Crippen LogP contribution in [-0.4, -0.2) is 56.4 Å². The molecule has 1 rings (SSSR count). The van der Waals surface area contributed by atoms with E-state index >= 15 is 0 Å². The van der Waals surface area contributed by atoms with Crippen LogP contribution in [0.1, 0.15) is 13.3 Å². The second-order valence-corrected chi connectivity index (χ2v) is 7.07. The first-order valence-electron chi connectivity index (χ1n) is 5.77. The van der Waals surface area contributed by atoms with E-state index < -0.39 is 15.7 Å². The lowest BCUT2D eigenvalue weighted by Gasteiger charge is -2.14. The van der Waals surface area contributed by atoms with Gasteiger partial charge in [0.1, 0.15) is 0 Å². The molecule has 1 aliphatic heterocycles. The molecule has 4 N–H and O–H groups in total. The molecule has 1 amide bonds. The van der Waals surface area contributed by atoms with Crippen molar-refractivity contribution < 1.29 is 13.2 Å². The molecule has 1 aliphatic rings. The fourth-order valence-corrected chi connectivity index (χ4v) is 3.16. The van der Waals surface area contributed by atoms with Gasteiger partial charge in [0, 0.05) is 32.1 Å². The van der Waals surface area contributed by atoms with Gasteiger partial charge >= 0.3 is 0 Å². The fraction of sp³-hybridized carbons (Fsp3) is 0.900. The van der Waals surface area contributed by atoms with Crippen molar-refractivity contribution in [2.75, 3.05) is 31.1 Å². The van der Waals surface area contributed by atoms with Gasteiger partial charge in [0.2, 0.25) is 5.91 Å². The maximum atomic E-state index is 11.6. The van der Waals surface area contributed by atoms with Crippen LogP contribution in [0.25, 0.3) is 0 Å². The lowest BCUT2D eigenvalue weighted by Crippen LogP contribution is -2.32. The third kappa shape index (κ3) is 5.01. The van der Waals surface area contributed by atoms with Crippen molar-refractivity contribution in [3.05, 3.63) is 0 Å². The van der Waals surface area contributed by atoms with Crippen LogP contribution in [0.15, 0.2) is 0 Å². The van der Waals surface area contributed by atoms with Crippen LogP contribution >= 0.6 is 0 Å². The molecule has 0 radical (unpaired) electrons. The van der Waals surface area contributed by atoms with Gasteiger partial charge in [-0.2, -0.15) is 0 Å². The van der Waals surface area contributed by atoms with Gasteiger partial charge in [-0.15, -0.1) is 0 Å². The summed E-state index contributed by atoms with van der Waals surface area (Å²) in [6.07, 6.45) is -0.0990. The Kier molecular flexibility index (Phi) is 4.91. The molecule has 0 aromatic rings. The van der Waals surface area contributed by atoms with Crippen LogP contribution in [0.2, 0.25) is 0 Å². The van der Waals surface area contributed by atoms with Crippen LogP contribution in [0.3, 0.4) is 0 Å². The van der Waals surface area contributed by atoms with Gasteiger partial charge in [0.25, 0.3) is 0 Å². The van der Waals surface area contributed by atoms with Gasteiger partial charge in [-0.1, -0.05) is 6.92 Å². The number of primary amides is 1. The van der Waals surface area contributed by atoms with Crippen molar-refractivity contribution in [3.8, 4) is 0 Å². The Labute approximate surface area is 102 Å². The zero-order valence-corrected chi connectivity index (χ0v) is 10.9. The highest BCUT2D eigenvalue weighted by Crippen LogP contribution is 2.14. The van der Waals surface area contributed by atoms with Crippen molar-refractivity contribution in [2.24, 2.45) is 17.4 Å². The minimum atomic E-state index is -3.18. The molecule has 1 fully saturated rings. The van der Waals surface area contributed by atoms with Crippen molar-refractivity contribution in [3.63, 3.8) is 0 Å². The lowest BCUT2D eigenvalue weighted by molar-refractivity contribution is -0.117. The predicted octanol–water partition coefficient (Wildman–Crippen LogP) is -1.44. The van der Waals surface area contributed by atoms with E-state index in [0.29, 0.717) is 12.5 Å². The first-order chi connectivity index (χ1) is 7.80. The summed E-state index contributed by atoms with van der Waals surface area (Å²) in [6.45, 7) is 4.13. The summed E-state index contributed by atoms with van der Waals surface area (Å²) in [6, 6.07) is 0.128. The summed E-state index contributed by atoms with van der Waals surface area (Å²) in [5.74, 6) is -0.258. The highest BCUT2D eigenvalue weighted by Gasteiger charge is 2.27. The van der Waals surface area contributed by atoms with E-state index in [-0.39, 0.29) is 24.0 Å². The van der Waals surface area contributed by atoms with Crippen LogP contribution in [0, 0.1) is 5.92 Å². The monoisotopic (exact) mass is 263 g/mol. The van der Waals surface area contributed by atoms with Gasteiger partial charge in [0.05, 0.1) is 11.5 Å². The summed E-state index contributed by atoms with van der Waals surface area (Å²) >= 11 is 0. The molecule has 0 aromatic heterocycles. The molecule has 0 saturated carbocycles. The minimum absolute atomic E-state index is 0.0692. The van der Waals surface area contributed by atoms with E-state index in [1.165, 1.54) is 0 Å². The molecular weight excluding hydrogens is 242 g/mol. The Morgan fingerprint density at radius 2 is 2.00 bits per heavy atom. The molecule has 7 heteroatoms. The SMILES string of the molecule is CC1CN(CCS(=O)(=O)CCC(N)=O)CC1N. The number of amides is 1. The van der Waals surface area contributed by atoms with Crippen molar-refractivity contribution in [1.82, 2.24) is 4.90 Å². The topological polar surface area (TPSA) is 106 Å². The Bertz CT molecular complexity index is 359. The maximum absolute atomic E-state index is 11.6. The summed E-state index contributed by atoms with van der Waals surface area (Å²) in [7, 11) is -3.18. The van der Waals surface area contributed by atoms with Gasteiger partial charge < -0.3 is 16.4 Å². The molecule has 6 nitrogen and oxygen atoms in total. The zero-order chi connectivity index (χ0) is 13.1. The van der Waals surface area contributed by atoms with Crippen LogP contribution < -0.4 is 11.5 Å². The number of nitrogens with zero attached hydrogens (tertiary/aromatic N) is 1. The Morgan fingerprint density at radius 1 is 1.35 bits per heavy atom. The molecule has 17 heavy (non-hydrogen) atoms. The Balaban J connectivity index is 2.33. The first kappa shape index (κ1) is 14.4. The number of nitrogens with two attached hydrogens (primary N) is 2. The third-order valence-corrected chi connectivity index (χ3v) is 4.75. The average Bonchev–Trinajstić information content (AvgIpc) is 2.53. The van der Waals surface area contributed by atoms with Gasteiger partial charge in [-0.25, -0.2) is 8.42 Å². The maximum Gasteiger partial charge on any atom is 0.218 e. The smallest absolute Gasteiger partial charge is 0.218 e. The van der Waals surface area contributed by atoms with Gasteiger partial charge in [-0.3, -0.25) is 4.79 Å². The Hall–Kier alpha value is -0.660. The van der Waals surface area contributed by atoms with Crippen LogP contribution in [-0.2, 0) is 14.6 Å². The second kappa shape index (κ2) is 5.79. The summed E-state index contributed by atoms with van der Waals surface area (Å²) in [5, 5.41) is 0. The van der Waals surface area contributed by atoms with Gasteiger partial charge in [0.15, 0.2) is 9.84 Å². The molecule has 0 bridgehead atoms. The fourth-order valence-electron chi connectivity index (χ4n) is 1.90. The quantitative estimate of drug-likeness (QED) is 0.610. The molecule has 0 aliphatic carbocycles. The largest absolute Gasteiger partial charge is 0.370 e. The summed E-state index contributed by atoms with van der Waals surface area (Å²) in [4.78, 5) is 12.6. The number of hydrogen-bond donors (Lipinski definition) is 2. The molecule has 1 saturated heterocycles. The van der Waals surface area contributed by atoms with Gasteiger partial charge in [-0.05, 0) is 5.92 Å². The number of sulfone groups is 1. The standard InChI is InChI=1S/C10H21N3O3S/c1-8-6-13(7-9(8)11)3-5-17(15,16)4-2-10(12)14/h8-9H,2-7,11H2,1H3,(H2,12,14). The third-order valence-electron chi connectivity index (χ3n) is 3.12. The molecule has 1 heterocycles. The summed E-state index contributed by atoms with van der Waals surface area (Å²) < 4.78 is 23.2. The lowest BCUT2D eigenvalue weighted by atomic mass is 10.1. The van der Waals surface area contributed by atoms with E-state index in [2.05, 4.69) is 11.8 Å². The molecule has 2 atom stereocenters. The number of likely N-dealkylation sites (tertiary alicyclic amines) is 1. The van der Waals surface area contributed by atoms with E-state index in [9.17, 15) is 13.2 Å². The normalized spacial score (nSPS) is 26.2. The number of hydrogen-bond acceptors (Lipinski definition) is 5. The van der Waals surface area contributed by atoms with E-state index in [1.54, 1.807) is 0 Å². The number of carbonyl (C=O) groups excluding carboxylic acids is 1. The zero-order valence-electron chi connectivity index (χ0n) is 10.1. The molecular formula is C10H21N3O3S. The number of rotatable bonds is 6. The van der Waals surface area contributed by atoms with Crippen LogP contribution in [0.4, 0.5) is 0 Å². The first-order valence-corrected chi connectivity index (χ1v) is 7.59. The van der Waals surface area contributed by atoms with Crippen molar-refractivity contribution in [2.45, 2.75) is 19.4 Å². The van der Waals surface area contributed by atoms with Crippen molar-refractivity contribution >= 4 is 15.7 Å². The van der Waals surface area contributed by atoms with E-state index in [1.807, 2.05) is 0 Å². The highest BCUT2D eigenvalue weighted by atomic mass is 32.2. The molecule has 0 spiro atoms. The highest BCUT2D eigenvalue weighted by molar-refractivity contribution is 7.91. The van der Waals surface area contributed by atoms with E-state index in [0.717, 1.165) is 13.1 Å². The molecule has 2 unspecified atom stereocenters. The van der Waals surface area contributed by atoms with Crippen molar-refractivity contribution in [1.29, 1.82) is 0 Å². The molecule has 100 valence electrons. The van der Waals surface area contributed by atoms with Crippen LogP contribution in [0.5, 0.6) is 0 Å². The average molecular weight is 263 g/mol. The number of carbonyl (C=O) groups is 1. The second-order valence-electron chi connectivity index (χ2n) is 4.77. The minimum Gasteiger partial charge on any atom is -0.370 e. The Morgan fingerprint density at radius 3 is 2.47 bits per heavy atom.